The Morgan fingerprint density at radius 1 is 0.550 bits per heavy atom. The largest absolute Gasteiger partial charge is 0.481 e. The molecular formula is C36H62O4. The summed E-state index contributed by atoms with van der Waals surface area (Å²) in [5.41, 5.74) is 0. The highest BCUT2D eigenvalue weighted by molar-refractivity contribution is 5.69. The highest BCUT2D eigenvalue weighted by atomic mass is 16.5. The zero-order chi connectivity index (χ0) is 29.4. The average molecular weight is 559 g/mol. The third kappa shape index (κ3) is 30.4. The number of esters is 1. The first-order chi connectivity index (χ1) is 19.6. The van der Waals surface area contributed by atoms with Crippen LogP contribution in [0, 0.1) is 0 Å². The Labute approximate surface area is 247 Å². The molecule has 0 aromatic rings. The van der Waals surface area contributed by atoms with Crippen LogP contribution >= 0.6 is 0 Å². The first kappa shape index (κ1) is 37.9. The maximum atomic E-state index is 12.4. The van der Waals surface area contributed by atoms with Gasteiger partial charge in [-0.1, -0.05) is 120 Å². The number of carbonyl (C=O) groups excluding carboxylic acids is 1. The number of allylic oxidation sites excluding steroid dienone is 8. The third-order valence-corrected chi connectivity index (χ3v) is 7.05. The fourth-order valence-electron chi connectivity index (χ4n) is 4.59. The molecule has 0 saturated carbocycles. The van der Waals surface area contributed by atoms with E-state index in [4.69, 9.17) is 9.84 Å². The summed E-state index contributed by atoms with van der Waals surface area (Å²) < 4.78 is 5.87. The van der Waals surface area contributed by atoms with Crippen molar-refractivity contribution in [3.63, 3.8) is 0 Å². The lowest BCUT2D eigenvalue weighted by Gasteiger charge is -2.18. The molecule has 0 rings (SSSR count). The lowest BCUT2D eigenvalue weighted by Crippen LogP contribution is -2.18. The summed E-state index contributed by atoms with van der Waals surface area (Å²) in [6.45, 7) is 4.44. The first-order valence-electron chi connectivity index (χ1n) is 16.6. The highest BCUT2D eigenvalue weighted by Crippen LogP contribution is 2.17. The van der Waals surface area contributed by atoms with Gasteiger partial charge in [0.2, 0.25) is 0 Å². The molecule has 0 aliphatic rings. The van der Waals surface area contributed by atoms with Crippen molar-refractivity contribution in [1.29, 1.82) is 0 Å². The Morgan fingerprint density at radius 2 is 1.00 bits per heavy atom. The van der Waals surface area contributed by atoms with Crippen LogP contribution in [0.2, 0.25) is 0 Å². The summed E-state index contributed by atoms with van der Waals surface area (Å²) >= 11 is 0. The molecule has 0 fully saturated rings. The summed E-state index contributed by atoms with van der Waals surface area (Å²) in [6, 6.07) is 0. The number of carbonyl (C=O) groups is 2. The van der Waals surface area contributed by atoms with Crippen LogP contribution in [0.4, 0.5) is 0 Å². The number of hydrogen-bond acceptors (Lipinski definition) is 3. The van der Waals surface area contributed by atoms with Gasteiger partial charge in [-0.3, -0.25) is 9.59 Å². The van der Waals surface area contributed by atoms with E-state index in [1.807, 2.05) is 0 Å². The monoisotopic (exact) mass is 558 g/mol. The topological polar surface area (TPSA) is 63.6 Å². The van der Waals surface area contributed by atoms with E-state index >= 15 is 0 Å². The normalized spacial score (nSPS) is 12.8. The molecule has 1 N–H and O–H groups in total. The van der Waals surface area contributed by atoms with E-state index in [0.29, 0.717) is 6.42 Å². The molecule has 0 radical (unpaired) electrons. The van der Waals surface area contributed by atoms with Crippen molar-refractivity contribution in [2.75, 3.05) is 0 Å². The van der Waals surface area contributed by atoms with Crippen LogP contribution in [0.3, 0.4) is 0 Å². The van der Waals surface area contributed by atoms with E-state index in [1.54, 1.807) is 0 Å². The lowest BCUT2D eigenvalue weighted by atomic mass is 10.0. The average Bonchev–Trinajstić information content (AvgIpc) is 2.93. The Hall–Kier alpha value is -2.10. The molecule has 230 valence electrons. The number of carboxylic acids is 1. The lowest BCUT2D eigenvalue weighted by molar-refractivity contribution is -0.150. The Balaban J connectivity index is 3.92. The summed E-state index contributed by atoms with van der Waals surface area (Å²) in [7, 11) is 0. The van der Waals surface area contributed by atoms with Crippen LogP contribution in [0.25, 0.3) is 0 Å². The second-order valence-electron chi connectivity index (χ2n) is 11.0. The maximum Gasteiger partial charge on any atom is 0.306 e. The zero-order valence-corrected chi connectivity index (χ0v) is 26.1. The predicted octanol–water partition coefficient (Wildman–Crippen LogP) is 11.2. The molecule has 0 bridgehead atoms. The predicted molar refractivity (Wildman–Crippen MR) is 172 cm³/mol. The van der Waals surface area contributed by atoms with Crippen molar-refractivity contribution < 1.29 is 19.4 Å². The van der Waals surface area contributed by atoms with Gasteiger partial charge in [0.15, 0.2) is 0 Å². The Bertz CT molecular complexity index is 689. The van der Waals surface area contributed by atoms with Crippen LogP contribution in [0.15, 0.2) is 48.6 Å². The van der Waals surface area contributed by atoms with Gasteiger partial charge in [0.25, 0.3) is 0 Å². The Kier molecular flexibility index (Phi) is 29.8. The van der Waals surface area contributed by atoms with Crippen molar-refractivity contribution in [1.82, 2.24) is 0 Å². The van der Waals surface area contributed by atoms with E-state index in [1.165, 1.54) is 44.9 Å². The SMILES string of the molecule is CCCCC/C=C\C/C=C\C/C=C\C/C=C\CCCC(=O)OC(CCCCC)CCCCCCCCCC(=O)O. The maximum absolute atomic E-state index is 12.4. The molecule has 4 nitrogen and oxygen atoms in total. The van der Waals surface area contributed by atoms with Crippen LogP contribution in [-0.4, -0.2) is 23.1 Å². The van der Waals surface area contributed by atoms with Gasteiger partial charge in [0, 0.05) is 12.8 Å². The van der Waals surface area contributed by atoms with Gasteiger partial charge in [-0.15, -0.1) is 0 Å². The standard InChI is InChI=1S/C36H62O4/c1-3-5-7-8-9-10-11-12-13-14-15-16-17-18-22-25-29-33-36(39)40-34(30-26-6-4-2)31-27-23-20-19-21-24-28-32-35(37)38/h9-10,12-13,15-16,18,22,34H,3-8,11,14,17,19-21,23-33H2,1-2H3,(H,37,38)/b10-9-,13-12-,16-15-,22-18-. The number of aliphatic carboxylic acids is 1. The molecular weight excluding hydrogens is 496 g/mol. The molecule has 0 aromatic carbocycles. The summed E-state index contributed by atoms with van der Waals surface area (Å²) in [5.74, 6) is -0.741. The minimum absolute atomic E-state index is 0.0455. The number of rotatable bonds is 29. The number of unbranched alkanes of at least 4 members (excludes halogenated alkanes) is 12. The molecule has 4 heteroatoms. The minimum Gasteiger partial charge on any atom is -0.481 e. The number of hydrogen-bond donors (Lipinski definition) is 1. The van der Waals surface area contributed by atoms with Crippen molar-refractivity contribution in [2.24, 2.45) is 0 Å². The molecule has 0 aliphatic heterocycles. The van der Waals surface area contributed by atoms with Crippen molar-refractivity contribution in [3.8, 4) is 0 Å². The summed E-state index contributed by atoms with van der Waals surface area (Å²) in [4.78, 5) is 23.0. The fraction of sp³-hybridized carbons (Fsp3) is 0.722. The molecule has 0 saturated heterocycles. The molecule has 0 aromatic heterocycles. The molecule has 1 atom stereocenters. The van der Waals surface area contributed by atoms with Gasteiger partial charge >= 0.3 is 11.9 Å². The van der Waals surface area contributed by atoms with Crippen LogP contribution < -0.4 is 0 Å². The zero-order valence-electron chi connectivity index (χ0n) is 26.1. The first-order valence-corrected chi connectivity index (χ1v) is 16.6. The molecule has 0 spiro atoms. The van der Waals surface area contributed by atoms with Crippen LogP contribution in [0.1, 0.15) is 162 Å². The van der Waals surface area contributed by atoms with Gasteiger partial charge in [-0.25, -0.2) is 0 Å². The molecule has 0 heterocycles. The highest BCUT2D eigenvalue weighted by Gasteiger charge is 2.13. The quantitative estimate of drug-likeness (QED) is 0.0563. The third-order valence-electron chi connectivity index (χ3n) is 7.05. The van der Waals surface area contributed by atoms with E-state index in [-0.39, 0.29) is 18.5 Å². The van der Waals surface area contributed by atoms with Crippen LogP contribution in [-0.2, 0) is 14.3 Å². The Morgan fingerprint density at radius 3 is 1.55 bits per heavy atom. The number of ether oxygens (including phenoxy) is 1. The van der Waals surface area contributed by atoms with E-state index in [2.05, 4.69) is 62.5 Å². The van der Waals surface area contributed by atoms with E-state index in [9.17, 15) is 9.59 Å². The van der Waals surface area contributed by atoms with Crippen molar-refractivity contribution in [3.05, 3.63) is 48.6 Å². The van der Waals surface area contributed by atoms with Crippen molar-refractivity contribution in [2.45, 2.75) is 168 Å². The van der Waals surface area contributed by atoms with Gasteiger partial charge in [-0.05, 0) is 77.0 Å². The van der Waals surface area contributed by atoms with Gasteiger partial charge in [-0.2, -0.15) is 0 Å². The smallest absolute Gasteiger partial charge is 0.306 e. The second kappa shape index (κ2) is 31.4. The van der Waals surface area contributed by atoms with Crippen LogP contribution in [0.5, 0.6) is 0 Å². The van der Waals surface area contributed by atoms with E-state index in [0.717, 1.165) is 89.9 Å². The number of carboxylic acid groups (broad SMARTS) is 1. The fourth-order valence-corrected chi connectivity index (χ4v) is 4.59. The molecule has 40 heavy (non-hydrogen) atoms. The van der Waals surface area contributed by atoms with Gasteiger partial charge in [0.05, 0.1) is 0 Å². The second-order valence-corrected chi connectivity index (χ2v) is 11.0. The van der Waals surface area contributed by atoms with Gasteiger partial charge in [0.1, 0.15) is 6.10 Å². The molecule has 0 aliphatic carbocycles. The minimum atomic E-state index is -0.695. The summed E-state index contributed by atoms with van der Waals surface area (Å²) in [5, 5.41) is 8.69. The molecule has 1 unspecified atom stereocenters. The summed E-state index contributed by atoms with van der Waals surface area (Å²) in [6.07, 6.45) is 41.4. The van der Waals surface area contributed by atoms with Gasteiger partial charge < -0.3 is 9.84 Å². The van der Waals surface area contributed by atoms with E-state index < -0.39 is 5.97 Å². The molecule has 0 amide bonds. The van der Waals surface area contributed by atoms with Crippen molar-refractivity contribution >= 4 is 11.9 Å².